The van der Waals surface area contributed by atoms with Crippen molar-refractivity contribution >= 4 is 29.1 Å². The lowest BCUT2D eigenvalue weighted by Crippen LogP contribution is -2.00. The van der Waals surface area contributed by atoms with E-state index in [1.54, 1.807) is 0 Å². The van der Waals surface area contributed by atoms with Crippen molar-refractivity contribution in [3.63, 3.8) is 0 Å². The van der Waals surface area contributed by atoms with Crippen LogP contribution in [0.15, 0.2) is 82.6 Å². The molecule has 0 radical (unpaired) electrons. The molecule has 9 heteroatoms. The van der Waals surface area contributed by atoms with Gasteiger partial charge in [0.2, 0.25) is 0 Å². The van der Waals surface area contributed by atoms with Crippen LogP contribution in [-0.4, -0.2) is 9.79 Å². The molecule has 0 heterocycles. The fourth-order valence-corrected chi connectivity index (χ4v) is 6.66. The molecule has 204 valence electrons. The van der Waals surface area contributed by atoms with Crippen LogP contribution in [0.4, 0.5) is 8.39 Å². The molecule has 0 saturated heterocycles. The fraction of sp³-hybridized carbons (Fsp3) is 0.200. The van der Waals surface area contributed by atoms with E-state index < -0.39 is 17.4 Å². The molecule has 2 N–H and O–H groups in total. The second-order valence-corrected chi connectivity index (χ2v) is 11.8. The number of aryl methyl sites for hydroxylation is 4. The van der Waals surface area contributed by atoms with Crippen LogP contribution in [0.2, 0.25) is 0 Å². The van der Waals surface area contributed by atoms with E-state index in [2.05, 4.69) is 0 Å². The summed E-state index contributed by atoms with van der Waals surface area (Å²) in [7, 11) is -6.38. The van der Waals surface area contributed by atoms with Crippen LogP contribution in [-0.2, 0) is 12.8 Å². The number of rotatable bonds is 10. The van der Waals surface area contributed by atoms with Crippen LogP contribution >= 0.6 is 29.1 Å². The molecule has 0 spiro atoms. The quantitative estimate of drug-likeness (QED) is 0.181. The SMILES string of the molecule is Cc1cc(Cc2ccccc2C)c(OP(O)F)c(Sc2cc(C)cc(Cc3ccccc3C)c2OP(O)F)c1. The van der Waals surface area contributed by atoms with E-state index in [0.29, 0.717) is 22.6 Å². The third-order valence-electron chi connectivity index (χ3n) is 6.39. The summed E-state index contributed by atoms with van der Waals surface area (Å²) in [6, 6.07) is 23.3. The van der Waals surface area contributed by atoms with Gasteiger partial charge in [0.05, 0.1) is 9.79 Å². The summed E-state index contributed by atoms with van der Waals surface area (Å²) in [5.41, 5.74) is 7.54. The maximum atomic E-state index is 13.9. The highest BCUT2D eigenvalue weighted by atomic mass is 32.2. The Hall–Kier alpha value is -2.53. The summed E-state index contributed by atoms with van der Waals surface area (Å²) in [5, 5.41) is 0. The molecule has 4 rings (SSSR count). The van der Waals surface area contributed by atoms with Crippen molar-refractivity contribution in [1.29, 1.82) is 0 Å². The summed E-state index contributed by atoms with van der Waals surface area (Å²) < 4.78 is 38.7. The Labute approximate surface area is 235 Å². The zero-order valence-corrected chi connectivity index (χ0v) is 24.7. The van der Waals surface area contributed by atoms with Crippen LogP contribution in [0.3, 0.4) is 0 Å². The molecule has 39 heavy (non-hydrogen) atoms. The normalized spacial score (nSPS) is 12.7. The minimum Gasteiger partial charge on any atom is -0.422 e. The predicted octanol–water partition coefficient (Wildman–Crippen LogP) is 9.39. The first-order valence-electron chi connectivity index (χ1n) is 12.3. The Morgan fingerprint density at radius 2 is 1.00 bits per heavy atom. The van der Waals surface area contributed by atoms with Gasteiger partial charge in [-0.05, 0) is 73.2 Å². The van der Waals surface area contributed by atoms with Crippen molar-refractivity contribution in [2.45, 2.75) is 50.3 Å². The van der Waals surface area contributed by atoms with E-state index in [0.717, 1.165) is 44.5 Å². The second kappa shape index (κ2) is 13.2. The van der Waals surface area contributed by atoms with E-state index in [-0.39, 0.29) is 11.5 Å². The molecule has 4 aromatic rings. The first-order valence-corrected chi connectivity index (χ1v) is 15.3. The maximum Gasteiger partial charge on any atom is 0.436 e. The molecule has 4 nitrogen and oxygen atoms in total. The van der Waals surface area contributed by atoms with Crippen LogP contribution in [0, 0.1) is 27.7 Å². The molecule has 2 unspecified atom stereocenters. The zero-order valence-electron chi connectivity index (χ0n) is 22.1. The Morgan fingerprint density at radius 1 is 0.615 bits per heavy atom. The summed E-state index contributed by atoms with van der Waals surface area (Å²) >= 11 is 1.23. The lowest BCUT2D eigenvalue weighted by molar-refractivity contribution is 0.426. The minimum absolute atomic E-state index is 0.226. The van der Waals surface area contributed by atoms with Gasteiger partial charge in [0, 0.05) is 24.0 Å². The second-order valence-electron chi connectivity index (χ2n) is 9.45. The van der Waals surface area contributed by atoms with Gasteiger partial charge in [0.1, 0.15) is 11.5 Å². The average Bonchev–Trinajstić information content (AvgIpc) is 2.85. The molecule has 0 saturated carbocycles. The van der Waals surface area contributed by atoms with E-state index in [1.807, 2.05) is 100 Å². The van der Waals surface area contributed by atoms with Crippen molar-refractivity contribution in [1.82, 2.24) is 0 Å². The van der Waals surface area contributed by atoms with Crippen molar-refractivity contribution in [2.24, 2.45) is 0 Å². The minimum atomic E-state index is -3.19. The lowest BCUT2D eigenvalue weighted by Gasteiger charge is -2.20. The van der Waals surface area contributed by atoms with Gasteiger partial charge in [-0.25, -0.2) is 0 Å². The standard InChI is InChI=1S/C30H30F2O4P2S/c1-19-13-25(17-23-11-7-5-9-21(23)3)29(35-37(31)33)27(15-19)39-28-16-20(2)14-26(30(28)36-38(32)34)18-24-12-8-6-10-22(24)4/h5-16,33-34H,17-18H2,1-4H3. The van der Waals surface area contributed by atoms with Gasteiger partial charge < -0.3 is 18.8 Å². The number of hydrogen-bond acceptors (Lipinski definition) is 5. The van der Waals surface area contributed by atoms with Crippen LogP contribution in [0.1, 0.15) is 44.5 Å². The Morgan fingerprint density at radius 3 is 1.36 bits per heavy atom. The van der Waals surface area contributed by atoms with Gasteiger partial charge in [-0.15, -0.1) is 8.39 Å². The van der Waals surface area contributed by atoms with Crippen LogP contribution in [0.5, 0.6) is 11.5 Å². The number of hydrogen-bond donors (Lipinski definition) is 2. The molecule has 0 aliphatic heterocycles. The van der Waals surface area contributed by atoms with Gasteiger partial charge in [0.25, 0.3) is 0 Å². The van der Waals surface area contributed by atoms with Crippen molar-refractivity contribution in [3.05, 3.63) is 117 Å². The molecular formula is C30H30F2O4P2S. The summed E-state index contributed by atoms with van der Waals surface area (Å²) in [6.45, 7) is 7.87. The zero-order chi connectivity index (χ0) is 28.1. The van der Waals surface area contributed by atoms with Gasteiger partial charge in [-0.3, -0.25) is 0 Å². The van der Waals surface area contributed by atoms with E-state index in [1.165, 1.54) is 11.8 Å². The number of halogens is 2. The largest absolute Gasteiger partial charge is 0.436 e. The van der Waals surface area contributed by atoms with Crippen LogP contribution < -0.4 is 9.05 Å². The predicted molar refractivity (Wildman–Crippen MR) is 156 cm³/mol. The highest BCUT2D eigenvalue weighted by Gasteiger charge is 2.22. The summed E-state index contributed by atoms with van der Waals surface area (Å²) in [4.78, 5) is 20.4. The Balaban J connectivity index is 1.82. The van der Waals surface area contributed by atoms with Crippen molar-refractivity contribution in [2.75, 3.05) is 0 Å². The summed E-state index contributed by atoms with van der Waals surface area (Å²) in [6.07, 6.45) is 0.950. The third kappa shape index (κ3) is 7.78. The molecule has 2 atom stereocenters. The highest BCUT2D eigenvalue weighted by molar-refractivity contribution is 7.99. The van der Waals surface area contributed by atoms with Gasteiger partial charge in [-0.1, -0.05) is 72.4 Å². The fourth-order valence-electron chi connectivity index (χ4n) is 4.54. The topological polar surface area (TPSA) is 58.9 Å². The molecule has 0 aliphatic rings. The summed E-state index contributed by atoms with van der Waals surface area (Å²) in [5.74, 6) is 0.453. The third-order valence-corrected chi connectivity index (χ3v) is 8.10. The molecular weight excluding hydrogens is 556 g/mol. The smallest absolute Gasteiger partial charge is 0.422 e. The van der Waals surface area contributed by atoms with E-state index in [4.69, 9.17) is 9.05 Å². The number of benzene rings is 4. The molecule has 0 fully saturated rings. The first kappa shape index (κ1) is 29.5. The lowest BCUT2D eigenvalue weighted by atomic mass is 9.98. The van der Waals surface area contributed by atoms with Crippen molar-refractivity contribution in [3.8, 4) is 11.5 Å². The van der Waals surface area contributed by atoms with Gasteiger partial charge in [0.15, 0.2) is 0 Å². The van der Waals surface area contributed by atoms with E-state index in [9.17, 15) is 18.2 Å². The Bertz CT molecular complexity index is 1350. The Kier molecular flexibility index (Phi) is 9.98. The van der Waals surface area contributed by atoms with Gasteiger partial charge in [-0.2, -0.15) is 0 Å². The first-order chi connectivity index (χ1) is 18.6. The van der Waals surface area contributed by atoms with Gasteiger partial charge >= 0.3 is 17.4 Å². The monoisotopic (exact) mass is 586 g/mol. The molecule has 4 aromatic carbocycles. The molecule has 0 aromatic heterocycles. The maximum absolute atomic E-state index is 13.9. The highest BCUT2D eigenvalue weighted by Crippen LogP contribution is 2.50. The van der Waals surface area contributed by atoms with E-state index >= 15 is 0 Å². The van der Waals surface area contributed by atoms with Crippen LogP contribution in [0.25, 0.3) is 0 Å². The average molecular weight is 587 g/mol. The molecule has 0 amide bonds. The van der Waals surface area contributed by atoms with Crippen molar-refractivity contribution < 1.29 is 27.2 Å². The molecule has 0 aliphatic carbocycles. The molecule has 0 bridgehead atoms.